The average Bonchev–Trinajstić information content (AvgIpc) is 2.91. The molecule has 1 aliphatic heterocycles. The van der Waals surface area contributed by atoms with Crippen molar-refractivity contribution < 1.29 is 19.1 Å². The van der Waals surface area contributed by atoms with Crippen LogP contribution >= 0.6 is 0 Å². The van der Waals surface area contributed by atoms with Gasteiger partial charge >= 0.3 is 0 Å². The Balaban J connectivity index is 1.37. The number of amides is 3. The highest BCUT2D eigenvalue weighted by molar-refractivity contribution is 5.97. The lowest BCUT2D eigenvalue weighted by Crippen LogP contribution is -2.43. The smallest absolute Gasteiger partial charge is 0.260 e. The van der Waals surface area contributed by atoms with Crippen LogP contribution in [0.4, 0.5) is 23.1 Å². The first-order valence-corrected chi connectivity index (χ1v) is 12.4. The summed E-state index contributed by atoms with van der Waals surface area (Å²) in [5, 5.41) is 9.03. The Morgan fingerprint density at radius 3 is 2.66 bits per heavy atom. The van der Waals surface area contributed by atoms with E-state index in [9.17, 15) is 14.4 Å². The number of nitrogens with one attached hydrogen (secondary N) is 3. The van der Waals surface area contributed by atoms with Gasteiger partial charge in [-0.15, -0.1) is 0 Å². The second kappa shape index (κ2) is 12.5. The summed E-state index contributed by atoms with van der Waals surface area (Å²) >= 11 is 0. The Labute approximate surface area is 220 Å². The minimum absolute atomic E-state index is 0.0138. The van der Waals surface area contributed by atoms with Crippen LogP contribution in [-0.2, 0) is 9.59 Å². The van der Waals surface area contributed by atoms with E-state index in [1.165, 1.54) is 13.1 Å². The average molecular weight is 518 g/mol. The Morgan fingerprint density at radius 2 is 1.89 bits per heavy atom. The zero-order valence-electron chi connectivity index (χ0n) is 21.1. The van der Waals surface area contributed by atoms with Gasteiger partial charge < -0.3 is 31.3 Å². The van der Waals surface area contributed by atoms with Crippen molar-refractivity contribution in [1.82, 2.24) is 14.9 Å². The highest BCUT2D eigenvalue weighted by Crippen LogP contribution is 2.22. The van der Waals surface area contributed by atoms with Gasteiger partial charge in [-0.2, -0.15) is 4.98 Å². The number of benzene rings is 2. The van der Waals surface area contributed by atoms with Crippen molar-refractivity contribution in [2.45, 2.75) is 19.8 Å². The first-order valence-electron chi connectivity index (χ1n) is 12.4. The molecule has 11 heteroatoms. The maximum atomic E-state index is 12.7. The van der Waals surface area contributed by atoms with E-state index in [-0.39, 0.29) is 35.9 Å². The standard InChI is InChI=1S/C27H31N7O4/c1-18(35)31-20-8-5-9-21(13-20)32-27-30-15-23(25(28)37)26(33-27)29-14-19-7-6-12-34(16-19)24(36)17-38-22-10-3-2-4-11-22/h2-5,8-11,13,15,19H,6-7,12,14,16-17H2,1H3,(H2,28,37)(H,31,35)(H2,29,30,32,33). The summed E-state index contributed by atoms with van der Waals surface area (Å²) in [5.41, 5.74) is 7.00. The fraction of sp³-hybridized carbons (Fsp3) is 0.296. The summed E-state index contributed by atoms with van der Waals surface area (Å²) in [6, 6.07) is 16.3. The number of anilines is 4. The van der Waals surface area contributed by atoms with Crippen molar-refractivity contribution in [3.8, 4) is 5.75 Å². The number of primary amides is 1. The van der Waals surface area contributed by atoms with Gasteiger partial charge in [-0.05, 0) is 49.1 Å². The molecule has 1 unspecified atom stereocenters. The fourth-order valence-electron chi connectivity index (χ4n) is 4.22. The van der Waals surface area contributed by atoms with E-state index in [0.717, 1.165) is 12.8 Å². The minimum atomic E-state index is -0.648. The normalized spacial score (nSPS) is 14.9. The van der Waals surface area contributed by atoms with Crippen LogP contribution in [0, 0.1) is 5.92 Å². The lowest BCUT2D eigenvalue weighted by atomic mass is 9.98. The molecule has 0 bridgehead atoms. The van der Waals surface area contributed by atoms with Crippen LogP contribution in [0.2, 0.25) is 0 Å². The van der Waals surface area contributed by atoms with Gasteiger partial charge in [0.05, 0.1) is 5.56 Å². The summed E-state index contributed by atoms with van der Waals surface area (Å²) < 4.78 is 5.61. The number of likely N-dealkylation sites (tertiary alicyclic amines) is 1. The molecule has 1 aromatic heterocycles. The maximum absolute atomic E-state index is 12.7. The summed E-state index contributed by atoms with van der Waals surface area (Å²) in [6.07, 6.45) is 3.16. The van der Waals surface area contributed by atoms with Crippen molar-refractivity contribution in [2.75, 3.05) is 42.2 Å². The second-order valence-electron chi connectivity index (χ2n) is 9.04. The Bertz CT molecular complexity index is 1290. The number of nitrogens with zero attached hydrogens (tertiary/aromatic N) is 3. The zero-order valence-corrected chi connectivity index (χ0v) is 21.1. The Morgan fingerprint density at radius 1 is 1.11 bits per heavy atom. The minimum Gasteiger partial charge on any atom is -0.484 e. The van der Waals surface area contributed by atoms with Crippen LogP contribution in [0.15, 0.2) is 60.8 Å². The van der Waals surface area contributed by atoms with Gasteiger partial charge in [0, 0.05) is 44.1 Å². The van der Waals surface area contributed by atoms with Crippen molar-refractivity contribution in [1.29, 1.82) is 0 Å². The van der Waals surface area contributed by atoms with Crippen molar-refractivity contribution in [3.05, 3.63) is 66.4 Å². The Kier molecular flexibility index (Phi) is 8.70. The SMILES string of the molecule is CC(=O)Nc1cccc(Nc2ncc(C(N)=O)c(NCC3CCCN(C(=O)COc4ccccc4)C3)n2)c1. The molecular formula is C27H31N7O4. The number of hydrogen-bond donors (Lipinski definition) is 4. The molecule has 4 rings (SSSR count). The first-order chi connectivity index (χ1) is 18.4. The largest absolute Gasteiger partial charge is 0.484 e. The predicted octanol–water partition coefficient (Wildman–Crippen LogP) is 3.01. The molecule has 2 heterocycles. The topological polar surface area (TPSA) is 152 Å². The number of para-hydroxylation sites is 1. The lowest BCUT2D eigenvalue weighted by Gasteiger charge is -2.33. The molecule has 0 radical (unpaired) electrons. The van der Waals surface area contributed by atoms with Crippen molar-refractivity contribution in [2.24, 2.45) is 11.7 Å². The third kappa shape index (κ3) is 7.42. The van der Waals surface area contributed by atoms with E-state index < -0.39 is 5.91 Å². The summed E-state index contributed by atoms with van der Waals surface area (Å²) in [5.74, 6) is 0.495. The molecule has 1 aliphatic rings. The number of carbonyl (C=O) groups is 3. The van der Waals surface area contributed by atoms with Crippen LogP contribution in [0.5, 0.6) is 5.75 Å². The molecule has 3 aromatic rings. The maximum Gasteiger partial charge on any atom is 0.260 e. The third-order valence-corrected chi connectivity index (χ3v) is 6.03. The second-order valence-corrected chi connectivity index (χ2v) is 9.04. The fourth-order valence-corrected chi connectivity index (χ4v) is 4.22. The van der Waals surface area contributed by atoms with E-state index >= 15 is 0 Å². The molecule has 3 amide bonds. The molecule has 2 aromatic carbocycles. The quantitative estimate of drug-likeness (QED) is 0.320. The van der Waals surface area contributed by atoms with Crippen LogP contribution in [-0.4, -0.2) is 58.8 Å². The van der Waals surface area contributed by atoms with Crippen LogP contribution in [0.25, 0.3) is 0 Å². The Hall–Kier alpha value is -4.67. The van der Waals surface area contributed by atoms with E-state index in [0.29, 0.717) is 42.6 Å². The number of aromatic nitrogens is 2. The number of ether oxygens (including phenoxy) is 1. The summed E-state index contributed by atoms with van der Waals surface area (Å²) in [7, 11) is 0. The van der Waals surface area contributed by atoms with Crippen molar-refractivity contribution in [3.63, 3.8) is 0 Å². The molecule has 0 saturated carbocycles. The van der Waals surface area contributed by atoms with E-state index in [1.54, 1.807) is 24.3 Å². The predicted molar refractivity (Wildman–Crippen MR) is 144 cm³/mol. The molecule has 1 fully saturated rings. The highest BCUT2D eigenvalue weighted by Gasteiger charge is 2.24. The van der Waals surface area contributed by atoms with Crippen LogP contribution in [0.1, 0.15) is 30.1 Å². The number of rotatable bonds is 10. The lowest BCUT2D eigenvalue weighted by molar-refractivity contribution is -0.135. The molecule has 198 valence electrons. The first kappa shape index (κ1) is 26.4. The zero-order chi connectivity index (χ0) is 26.9. The molecule has 0 aliphatic carbocycles. The van der Waals surface area contributed by atoms with Gasteiger partial charge in [0.15, 0.2) is 6.61 Å². The number of carbonyl (C=O) groups excluding carboxylic acids is 3. The molecular weight excluding hydrogens is 486 g/mol. The molecule has 5 N–H and O–H groups in total. The highest BCUT2D eigenvalue weighted by atomic mass is 16.5. The summed E-state index contributed by atoms with van der Waals surface area (Å²) in [4.78, 5) is 46.5. The number of hydrogen-bond acceptors (Lipinski definition) is 8. The molecule has 11 nitrogen and oxygen atoms in total. The molecule has 0 spiro atoms. The van der Waals surface area contributed by atoms with E-state index in [4.69, 9.17) is 10.5 Å². The molecule has 1 atom stereocenters. The van der Waals surface area contributed by atoms with Gasteiger partial charge in [-0.25, -0.2) is 4.98 Å². The van der Waals surface area contributed by atoms with Crippen LogP contribution < -0.4 is 26.4 Å². The summed E-state index contributed by atoms with van der Waals surface area (Å²) in [6.45, 7) is 3.17. The van der Waals surface area contributed by atoms with Gasteiger partial charge in [0.2, 0.25) is 11.9 Å². The van der Waals surface area contributed by atoms with E-state index in [1.807, 2.05) is 35.2 Å². The van der Waals surface area contributed by atoms with Gasteiger partial charge in [-0.1, -0.05) is 24.3 Å². The van der Waals surface area contributed by atoms with E-state index in [2.05, 4.69) is 25.9 Å². The van der Waals surface area contributed by atoms with Crippen LogP contribution in [0.3, 0.4) is 0 Å². The van der Waals surface area contributed by atoms with Crippen molar-refractivity contribution >= 4 is 40.9 Å². The monoisotopic (exact) mass is 517 g/mol. The van der Waals surface area contributed by atoms with Gasteiger partial charge in [0.1, 0.15) is 11.6 Å². The molecule has 1 saturated heterocycles. The third-order valence-electron chi connectivity index (χ3n) is 6.03. The number of nitrogens with two attached hydrogens (primary N) is 1. The van der Waals surface area contributed by atoms with Gasteiger partial charge in [-0.3, -0.25) is 14.4 Å². The number of piperidine rings is 1. The molecule has 38 heavy (non-hydrogen) atoms. The van der Waals surface area contributed by atoms with Gasteiger partial charge in [0.25, 0.3) is 11.8 Å².